The lowest BCUT2D eigenvalue weighted by atomic mass is 10.0. The van der Waals surface area contributed by atoms with Crippen molar-refractivity contribution in [1.82, 2.24) is 5.32 Å². The van der Waals surface area contributed by atoms with E-state index in [2.05, 4.69) is 5.32 Å². The van der Waals surface area contributed by atoms with E-state index in [-0.39, 0.29) is 41.3 Å². The SMILES string of the molecule is CC(=O)NC[C@H]1COC(=O)N1c1cc(F)c(-c2ccc(C)c(=O)cc2)c(F)c1. The fraction of sp³-hybridized carbons (Fsp3) is 0.250. The van der Waals surface area contributed by atoms with Gasteiger partial charge in [-0.25, -0.2) is 13.6 Å². The number of ether oxygens (including phenoxy) is 1. The predicted octanol–water partition coefficient (Wildman–Crippen LogP) is 2.76. The third-order valence-electron chi connectivity index (χ3n) is 4.46. The molecule has 28 heavy (non-hydrogen) atoms. The predicted molar refractivity (Wildman–Crippen MR) is 99.1 cm³/mol. The summed E-state index contributed by atoms with van der Waals surface area (Å²) in [5.41, 5.74) is 0.0847. The number of aryl methyl sites for hydroxylation is 1. The van der Waals surface area contributed by atoms with Crippen LogP contribution >= 0.6 is 0 Å². The molecule has 1 atom stereocenters. The van der Waals surface area contributed by atoms with E-state index in [4.69, 9.17) is 4.74 Å². The molecule has 3 rings (SSSR count). The van der Waals surface area contributed by atoms with Gasteiger partial charge < -0.3 is 10.1 Å². The number of hydrogen-bond acceptors (Lipinski definition) is 4. The lowest BCUT2D eigenvalue weighted by Crippen LogP contribution is -2.42. The smallest absolute Gasteiger partial charge is 0.414 e. The van der Waals surface area contributed by atoms with Crippen molar-refractivity contribution in [2.24, 2.45) is 0 Å². The molecule has 146 valence electrons. The van der Waals surface area contributed by atoms with Crippen molar-refractivity contribution in [3.05, 3.63) is 63.8 Å². The minimum atomic E-state index is -0.885. The number of carbonyl (C=O) groups excluding carboxylic acids is 2. The summed E-state index contributed by atoms with van der Waals surface area (Å²) in [6, 6.07) is 7.03. The fourth-order valence-corrected chi connectivity index (χ4v) is 2.98. The second-order valence-electron chi connectivity index (χ2n) is 6.49. The molecule has 2 amide bonds. The Morgan fingerprint density at radius 2 is 1.82 bits per heavy atom. The Labute approximate surface area is 159 Å². The van der Waals surface area contributed by atoms with Crippen molar-refractivity contribution >= 4 is 17.7 Å². The normalized spacial score (nSPS) is 16.1. The Morgan fingerprint density at radius 3 is 2.46 bits per heavy atom. The topological polar surface area (TPSA) is 75.7 Å². The molecule has 1 saturated heterocycles. The molecule has 6 nitrogen and oxygen atoms in total. The van der Waals surface area contributed by atoms with Gasteiger partial charge in [0.15, 0.2) is 5.43 Å². The molecule has 0 radical (unpaired) electrons. The molecule has 0 aliphatic carbocycles. The summed E-state index contributed by atoms with van der Waals surface area (Å²) in [6.45, 7) is 3.01. The largest absolute Gasteiger partial charge is 0.447 e. The standard InChI is InChI=1S/C20H18F2N2O4/c1-11-3-4-13(5-6-18(11)26)19-16(21)7-14(8-17(19)22)24-15(9-23-12(2)25)10-28-20(24)27/h3-8,15H,9-10H2,1-2H3,(H,23,25)/t15-/m0/s1. The van der Waals surface area contributed by atoms with E-state index in [0.717, 1.165) is 17.0 Å². The van der Waals surface area contributed by atoms with Gasteiger partial charge in [-0.2, -0.15) is 0 Å². The van der Waals surface area contributed by atoms with Gasteiger partial charge in [-0.05, 0) is 36.2 Å². The molecule has 1 N–H and O–H groups in total. The Bertz CT molecular complexity index is 987. The van der Waals surface area contributed by atoms with Gasteiger partial charge in [0, 0.05) is 13.5 Å². The van der Waals surface area contributed by atoms with Gasteiger partial charge in [0.25, 0.3) is 0 Å². The van der Waals surface area contributed by atoms with Crippen LogP contribution in [-0.4, -0.2) is 31.2 Å². The van der Waals surface area contributed by atoms with Gasteiger partial charge in [0.05, 0.1) is 17.3 Å². The summed E-state index contributed by atoms with van der Waals surface area (Å²) in [4.78, 5) is 36.0. The van der Waals surface area contributed by atoms with Gasteiger partial charge in [-0.15, -0.1) is 0 Å². The number of cyclic esters (lactones) is 1. The minimum absolute atomic E-state index is 0.00975. The molecule has 1 fully saturated rings. The lowest BCUT2D eigenvalue weighted by Gasteiger charge is -2.22. The second kappa shape index (κ2) is 7.75. The quantitative estimate of drug-likeness (QED) is 0.874. The zero-order valence-electron chi connectivity index (χ0n) is 15.3. The molecule has 2 aromatic rings. The van der Waals surface area contributed by atoms with Gasteiger partial charge >= 0.3 is 6.09 Å². The summed E-state index contributed by atoms with van der Waals surface area (Å²) >= 11 is 0. The molecule has 1 aliphatic heterocycles. The van der Waals surface area contributed by atoms with Crippen LogP contribution < -0.4 is 15.6 Å². The molecule has 0 saturated carbocycles. The van der Waals surface area contributed by atoms with E-state index in [9.17, 15) is 23.2 Å². The van der Waals surface area contributed by atoms with Crippen LogP contribution in [0.4, 0.5) is 19.3 Å². The van der Waals surface area contributed by atoms with Crippen molar-refractivity contribution in [1.29, 1.82) is 0 Å². The van der Waals surface area contributed by atoms with Crippen molar-refractivity contribution < 1.29 is 23.1 Å². The van der Waals surface area contributed by atoms with Crippen LogP contribution in [0.2, 0.25) is 0 Å². The molecule has 2 aromatic carbocycles. The number of halogens is 2. The van der Waals surface area contributed by atoms with Crippen LogP contribution in [0.3, 0.4) is 0 Å². The van der Waals surface area contributed by atoms with E-state index in [0.29, 0.717) is 5.56 Å². The van der Waals surface area contributed by atoms with Crippen LogP contribution in [-0.2, 0) is 9.53 Å². The van der Waals surface area contributed by atoms with E-state index in [1.54, 1.807) is 6.92 Å². The average Bonchev–Trinajstić information content (AvgIpc) is 2.92. The highest BCUT2D eigenvalue weighted by molar-refractivity contribution is 5.91. The number of amides is 2. The van der Waals surface area contributed by atoms with Crippen LogP contribution in [0.5, 0.6) is 0 Å². The fourth-order valence-electron chi connectivity index (χ4n) is 2.98. The first kappa shape index (κ1) is 19.5. The van der Waals surface area contributed by atoms with Crippen molar-refractivity contribution in [2.75, 3.05) is 18.1 Å². The molecule has 0 unspecified atom stereocenters. The van der Waals surface area contributed by atoms with E-state index < -0.39 is 23.8 Å². The summed E-state index contributed by atoms with van der Waals surface area (Å²) in [7, 11) is 0. The highest BCUT2D eigenvalue weighted by Crippen LogP contribution is 2.32. The lowest BCUT2D eigenvalue weighted by molar-refractivity contribution is -0.119. The summed E-state index contributed by atoms with van der Waals surface area (Å²) in [5.74, 6) is -2.06. The zero-order valence-corrected chi connectivity index (χ0v) is 15.3. The Balaban J connectivity index is 2.00. The molecule has 0 bridgehead atoms. The van der Waals surface area contributed by atoms with Crippen LogP contribution in [0.15, 0.2) is 41.2 Å². The monoisotopic (exact) mass is 388 g/mol. The Hall–Kier alpha value is -3.29. The zero-order chi connectivity index (χ0) is 20.4. The van der Waals surface area contributed by atoms with Crippen molar-refractivity contribution in [3.63, 3.8) is 0 Å². The Morgan fingerprint density at radius 1 is 1.18 bits per heavy atom. The van der Waals surface area contributed by atoms with Crippen molar-refractivity contribution in [3.8, 4) is 11.1 Å². The third-order valence-corrected chi connectivity index (χ3v) is 4.46. The number of carbonyl (C=O) groups is 2. The molecule has 1 aliphatic rings. The number of rotatable bonds is 4. The van der Waals surface area contributed by atoms with E-state index in [1.165, 1.54) is 31.2 Å². The van der Waals surface area contributed by atoms with Gasteiger partial charge in [0.2, 0.25) is 5.91 Å². The average molecular weight is 388 g/mol. The van der Waals surface area contributed by atoms with Crippen LogP contribution in [0.25, 0.3) is 11.1 Å². The minimum Gasteiger partial charge on any atom is -0.447 e. The molecular weight excluding hydrogens is 370 g/mol. The highest BCUT2D eigenvalue weighted by Gasteiger charge is 2.35. The first-order chi connectivity index (χ1) is 13.3. The number of nitrogens with zero attached hydrogens (tertiary/aromatic N) is 1. The summed E-state index contributed by atoms with van der Waals surface area (Å²) in [5, 5.41) is 2.56. The molecule has 0 aromatic heterocycles. The van der Waals surface area contributed by atoms with E-state index in [1.807, 2.05) is 0 Å². The first-order valence-corrected chi connectivity index (χ1v) is 8.58. The number of hydrogen-bond donors (Lipinski definition) is 1. The summed E-state index contributed by atoms with van der Waals surface area (Å²) in [6.07, 6.45) is -0.750. The molecule has 1 heterocycles. The maximum atomic E-state index is 14.8. The maximum Gasteiger partial charge on any atom is 0.414 e. The molecule has 8 heteroatoms. The second-order valence-corrected chi connectivity index (χ2v) is 6.49. The van der Waals surface area contributed by atoms with Gasteiger partial charge in [-0.1, -0.05) is 18.2 Å². The van der Waals surface area contributed by atoms with Crippen LogP contribution in [0, 0.1) is 18.6 Å². The van der Waals surface area contributed by atoms with Crippen LogP contribution in [0.1, 0.15) is 12.5 Å². The molecule has 0 spiro atoms. The Kier molecular flexibility index (Phi) is 5.39. The first-order valence-electron chi connectivity index (χ1n) is 8.58. The van der Waals surface area contributed by atoms with Gasteiger partial charge in [0.1, 0.15) is 18.2 Å². The number of nitrogens with one attached hydrogen (secondary N) is 1. The van der Waals surface area contributed by atoms with Gasteiger partial charge in [-0.3, -0.25) is 14.5 Å². The number of benzene rings is 1. The van der Waals surface area contributed by atoms with E-state index >= 15 is 0 Å². The maximum absolute atomic E-state index is 14.8. The highest BCUT2D eigenvalue weighted by atomic mass is 19.1. The summed E-state index contributed by atoms with van der Waals surface area (Å²) < 4.78 is 34.5. The number of anilines is 1. The van der Waals surface area contributed by atoms with Crippen molar-refractivity contribution in [2.45, 2.75) is 19.9 Å². The third kappa shape index (κ3) is 3.85. The molecular formula is C20H18F2N2O4.